The van der Waals surface area contributed by atoms with E-state index in [0.29, 0.717) is 17.8 Å². The first-order valence-corrected chi connectivity index (χ1v) is 7.57. The van der Waals surface area contributed by atoms with E-state index >= 15 is 0 Å². The van der Waals surface area contributed by atoms with Gasteiger partial charge in [-0.15, -0.1) is 6.58 Å². The molecule has 1 aromatic heterocycles. The number of aromatic nitrogens is 3. The summed E-state index contributed by atoms with van der Waals surface area (Å²) in [5.74, 6) is -0.331. The van der Waals surface area contributed by atoms with Crippen molar-refractivity contribution in [3.8, 4) is 5.69 Å². The van der Waals surface area contributed by atoms with Crippen LogP contribution in [-0.2, 0) is 4.74 Å². The Kier molecular flexibility index (Phi) is 5.33. The number of benzene rings is 1. The molecule has 128 valence electrons. The van der Waals surface area contributed by atoms with Crippen LogP contribution in [0, 0.1) is 5.82 Å². The molecule has 0 saturated heterocycles. The molecule has 1 atom stereocenters. The highest BCUT2D eigenvalue weighted by Crippen LogP contribution is 2.17. The maximum absolute atomic E-state index is 13.0. The lowest BCUT2D eigenvalue weighted by Crippen LogP contribution is -2.35. The molecule has 1 unspecified atom stereocenters. The van der Waals surface area contributed by atoms with Crippen LogP contribution in [0.25, 0.3) is 5.69 Å². The largest absolute Gasteiger partial charge is 0.444 e. The average molecular weight is 332 g/mol. The maximum atomic E-state index is 13.0. The SMILES string of the molecule is C=CCC(NC(=O)OC(C)(C)C)c1cnn(-c2ccc(F)cc2)n1. The lowest BCUT2D eigenvalue weighted by Gasteiger charge is -2.22. The summed E-state index contributed by atoms with van der Waals surface area (Å²) in [6.45, 7) is 9.07. The van der Waals surface area contributed by atoms with E-state index in [1.54, 1.807) is 45.2 Å². The fourth-order valence-electron chi connectivity index (χ4n) is 2.00. The third-order valence-electron chi connectivity index (χ3n) is 3.02. The van der Waals surface area contributed by atoms with Gasteiger partial charge in [-0.3, -0.25) is 0 Å². The van der Waals surface area contributed by atoms with Crippen LogP contribution in [0.2, 0.25) is 0 Å². The highest BCUT2D eigenvalue weighted by atomic mass is 19.1. The van der Waals surface area contributed by atoms with Gasteiger partial charge in [-0.2, -0.15) is 15.0 Å². The Morgan fingerprint density at radius 2 is 2.08 bits per heavy atom. The molecule has 1 heterocycles. The van der Waals surface area contributed by atoms with Crippen LogP contribution in [0.3, 0.4) is 0 Å². The number of amides is 1. The summed E-state index contributed by atoms with van der Waals surface area (Å²) in [4.78, 5) is 13.3. The van der Waals surface area contributed by atoms with Crippen molar-refractivity contribution in [3.05, 3.63) is 54.6 Å². The number of nitrogens with one attached hydrogen (secondary N) is 1. The molecule has 0 saturated carbocycles. The van der Waals surface area contributed by atoms with E-state index in [2.05, 4.69) is 22.1 Å². The zero-order valence-electron chi connectivity index (χ0n) is 14.0. The van der Waals surface area contributed by atoms with Gasteiger partial charge in [0.1, 0.15) is 17.1 Å². The van der Waals surface area contributed by atoms with Gasteiger partial charge in [-0.05, 0) is 51.5 Å². The van der Waals surface area contributed by atoms with E-state index in [9.17, 15) is 9.18 Å². The Labute approximate surface area is 140 Å². The van der Waals surface area contributed by atoms with E-state index in [-0.39, 0.29) is 5.82 Å². The number of ether oxygens (including phenoxy) is 1. The topological polar surface area (TPSA) is 69.0 Å². The van der Waals surface area contributed by atoms with E-state index < -0.39 is 17.7 Å². The highest BCUT2D eigenvalue weighted by molar-refractivity contribution is 5.68. The van der Waals surface area contributed by atoms with Crippen LogP contribution in [-0.4, -0.2) is 26.7 Å². The molecule has 1 amide bonds. The zero-order chi connectivity index (χ0) is 17.7. The number of halogens is 1. The molecular formula is C17H21FN4O2. The van der Waals surface area contributed by atoms with Gasteiger partial charge in [-0.1, -0.05) is 6.08 Å². The summed E-state index contributed by atoms with van der Waals surface area (Å²) >= 11 is 0. The van der Waals surface area contributed by atoms with Gasteiger partial charge < -0.3 is 10.1 Å². The molecule has 0 aliphatic rings. The van der Waals surface area contributed by atoms with Gasteiger partial charge >= 0.3 is 6.09 Å². The predicted octanol–water partition coefficient (Wildman–Crippen LogP) is 3.55. The van der Waals surface area contributed by atoms with Gasteiger partial charge in [-0.25, -0.2) is 9.18 Å². The van der Waals surface area contributed by atoms with E-state index in [1.165, 1.54) is 16.9 Å². The molecular weight excluding hydrogens is 311 g/mol. The van der Waals surface area contributed by atoms with Crippen LogP contribution < -0.4 is 5.32 Å². The minimum atomic E-state index is -0.589. The number of carbonyl (C=O) groups is 1. The van der Waals surface area contributed by atoms with E-state index in [1.807, 2.05) is 0 Å². The Morgan fingerprint density at radius 1 is 1.42 bits per heavy atom. The molecule has 2 aromatic rings. The molecule has 0 radical (unpaired) electrons. The molecule has 7 heteroatoms. The van der Waals surface area contributed by atoms with Gasteiger partial charge in [0.25, 0.3) is 0 Å². The number of nitrogens with zero attached hydrogens (tertiary/aromatic N) is 3. The van der Waals surface area contributed by atoms with Crippen molar-refractivity contribution < 1.29 is 13.9 Å². The van der Waals surface area contributed by atoms with Crippen molar-refractivity contribution >= 4 is 6.09 Å². The number of hydrogen-bond acceptors (Lipinski definition) is 4. The van der Waals surface area contributed by atoms with Crippen LogP contribution in [0.1, 0.15) is 38.9 Å². The lowest BCUT2D eigenvalue weighted by atomic mass is 10.1. The van der Waals surface area contributed by atoms with Crippen molar-refractivity contribution in [3.63, 3.8) is 0 Å². The second-order valence-electron chi connectivity index (χ2n) is 6.26. The molecule has 0 aliphatic carbocycles. The number of carbonyl (C=O) groups excluding carboxylic acids is 1. The third kappa shape index (κ3) is 4.91. The first-order valence-electron chi connectivity index (χ1n) is 7.57. The standard InChI is InChI=1S/C17H21FN4O2/c1-5-6-14(20-16(23)24-17(2,3)4)15-11-19-22(21-15)13-9-7-12(18)8-10-13/h5,7-11,14H,1,6H2,2-4H3,(H,20,23). The summed E-state index contributed by atoms with van der Waals surface area (Å²) in [7, 11) is 0. The average Bonchev–Trinajstić information content (AvgIpc) is 2.95. The van der Waals surface area contributed by atoms with Crippen LogP contribution in [0.5, 0.6) is 0 Å². The predicted molar refractivity (Wildman–Crippen MR) is 88.2 cm³/mol. The maximum Gasteiger partial charge on any atom is 0.408 e. The van der Waals surface area contributed by atoms with Crippen molar-refractivity contribution in [2.75, 3.05) is 0 Å². The van der Waals surface area contributed by atoms with Crippen molar-refractivity contribution in [1.29, 1.82) is 0 Å². The smallest absolute Gasteiger partial charge is 0.408 e. The molecule has 1 N–H and O–H groups in total. The molecule has 2 rings (SSSR count). The molecule has 0 aliphatic heterocycles. The molecule has 0 bridgehead atoms. The first-order chi connectivity index (χ1) is 11.3. The van der Waals surface area contributed by atoms with Crippen molar-refractivity contribution in [2.24, 2.45) is 0 Å². The highest BCUT2D eigenvalue weighted by Gasteiger charge is 2.21. The molecule has 24 heavy (non-hydrogen) atoms. The quantitative estimate of drug-likeness (QED) is 0.850. The number of hydrogen-bond donors (Lipinski definition) is 1. The minimum absolute atomic E-state index is 0.331. The molecule has 6 nitrogen and oxygen atoms in total. The molecule has 0 fully saturated rings. The Hall–Kier alpha value is -2.70. The van der Waals surface area contributed by atoms with Gasteiger partial charge in [0.05, 0.1) is 17.9 Å². The van der Waals surface area contributed by atoms with E-state index in [0.717, 1.165) is 0 Å². The summed E-state index contributed by atoms with van der Waals surface area (Å²) in [6, 6.07) is 5.40. The fraction of sp³-hybridized carbons (Fsp3) is 0.353. The Balaban J connectivity index is 2.15. The monoisotopic (exact) mass is 332 g/mol. The second-order valence-corrected chi connectivity index (χ2v) is 6.26. The number of rotatable bonds is 5. The summed E-state index contributed by atoms with van der Waals surface area (Å²) < 4.78 is 18.3. The first kappa shape index (κ1) is 17.7. The van der Waals surface area contributed by atoms with Gasteiger partial charge in [0, 0.05) is 0 Å². The summed E-state index contributed by atoms with van der Waals surface area (Å²) in [5.41, 5.74) is 0.594. The fourth-order valence-corrected chi connectivity index (χ4v) is 2.00. The van der Waals surface area contributed by atoms with Gasteiger partial charge in [0.15, 0.2) is 0 Å². The van der Waals surface area contributed by atoms with E-state index in [4.69, 9.17) is 4.74 Å². The van der Waals surface area contributed by atoms with Crippen LogP contribution in [0.4, 0.5) is 9.18 Å². The Bertz CT molecular complexity index is 704. The second kappa shape index (κ2) is 7.25. The molecule has 1 aromatic carbocycles. The van der Waals surface area contributed by atoms with Crippen LogP contribution in [0.15, 0.2) is 43.1 Å². The van der Waals surface area contributed by atoms with Gasteiger partial charge in [0.2, 0.25) is 0 Å². The summed E-state index contributed by atoms with van der Waals surface area (Å²) in [6.07, 6.45) is 3.17. The van der Waals surface area contributed by atoms with Crippen molar-refractivity contribution in [2.45, 2.75) is 38.8 Å². The lowest BCUT2D eigenvalue weighted by molar-refractivity contribution is 0.0503. The van der Waals surface area contributed by atoms with Crippen LogP contribution >= 0.6 is 0 Å². The Morgan fingerprint density at radius 3 is 2.67 bits per heavy atom. The third-order valence-corrected chi connectivity index (χ3v) is 3.02. The molecule has 0 spiro atoms. The number of alkyl carbamates (subject to hydrolysis) is 1. The summed E-state index contributed by atoms with van der Waals surface area (Å²) in [5, 5.41) is 11.3. The zero-order valence-corrected chi connectivity index (χ0v) is 14.0. The minimum Gasteiger partial charge on any atom is -0.444 e. The van der Waals surface area contributed by atoms with Crippen molar-refractivity contribution in [1.82, 2.24) is 20.3 Å². The normalized spacial score (nSPS) is 12.5.